The van der Waals surface area contributed by atoms with Gasteiger partial charge in [-0.3, -0.25) is 4.79 Å². The average Bonchev–Trinajstić information content (AvgIpc) is 2.90. The number of carbonyl (C=O) groups excluding carboxylic acids is 1. The number of ether oxygens (including phenoxy) is 1. The monoisotopic (exact) mass is 388 g/mol. The maximum Gasteiger partial charge on any atom is 0.264 e. The molecule has 1 aliphatic heterocycles. The summed E-state index contributed by atoms with van der Waals surface area (Å²) < 4.78 is 6.29. The summed E-state index contributed by atoms with van der Waals surface area (Å²) in [5, 5.41) is 3.35. The number of carbonyl (C=O) groups is 1. The van der Waals surface area contributed by atoms with E-state index in [1.807, 2.05) is 54.6 Å². The van der Waals surface area contributed by atoms with Crippen LogP contribution >= 0.6 is 27.7 Å². The van der Waals surface area contributed by atoms with Crippen molar-refractivity contribution in [3.8, 4) is 5.75 Å². The number of aliphatic imine (C=N–C) groups is 1. The minimum absolute atomic E-state index is 0.156. The molecule has 1 heterocycles. The number of methoxy groups -OCH3 is 1. The lowest BCUT2D eigenvalue weighted by Gasteiger charge is -2.03. The first-order chi connectivity index (χ1) is 11.2. The molecule has 1 fully saturated rings. The number of hydrogen-bond acceptors (Lipinski definition) is 4. The molecule has 0 atom stereocenters. The summed E-state index contributed by atoms with van der Waals surface area (Å²) in [6.07, 6.45) is 1.81. The van der Waals surface area contributed by atoms with Gasteiger partial charge in [0.15, 0.2) is 5.17 Å². The van der Waals surface area contributed by atoms with Gasteiger partial charge < -0.3 is 10.1 Å². The van der Waals surface area contributed by atoms with Gasteiger partial charge in [-0.1, -0.05) is 34.1 Å². The van der Waals surface area contributed by atoms with Crippen LogP contribution < -0.4 is 10.1 Å². The molecule has 2 aromatic carbocycles. The highest BCUT2D eigenvalue weighted by atomic mass is 79.9. The Morgan fingerprint density at radius 2 is 1.91 bits per heavy atom. The molecule has 116 valence electrons. The van der Waals surface area contributed by atoms with Gasteiger partial charge in [0, 0.05) is 10.0 Å². The van der Waals surface area contributed by atoms with E-state index in [-0.39, 0.29) is 5.91 Å². The summed E-state index contributed by atoms with van der Waals surface area (Å²) in [5.74, 6) is 0.573. The van der Waals surface area contributed by atoms with Crippen LogP contribution in [0.25, 0.3) is 6.08 Å². The first-order valence-corrected chi connectivity index (χ1v) is 8.45. The van der Waals surface area contributed by atoms with Crippen molar-refractivity contribution in [2.45, 2.75) is 0 Å². The number of amides is 1. The molecule has 0 saturated carbocycles. The van der Waals surface area contributed by atoms with Gasteiger partial charge in [-0.15, -0.1) is 0 Å². The fourth-order valence-electron chi connectivity index (χ4n) is 2.04. The molecule has 3 rings (SSSR count). The molecule has 1 amide bonds. The number of nitrogens with zero attached hydrogens (tertiary/aromatic N) is 1. The summed E-state index contributed by atoms with van der Waals surface area (Å²) in [4.78, 5) is 17.1. The van der Waals surface area contributed by atoms with E-state index in [0.717, 1.165) is 21.5 Å². The Kier molecular flexibility index (Phi) is 4.83. The van der Waals surface area contributed by atoms with Crippen LogP contribution in [0.4, 0.5) is 5.69 Å². The maximum atomic E-state index is 12.1. The maximum absolute atomic E-state index is 12.1. The van der Waals surface area contributed by atoms with E-state index in [9.17, 15) is 4.79 Å². The number of thioether (sulfide) groups is 1. The number of rotatable bonds is 3. The number of nitrogens with one attached hydrogen (secondary N) is 1. The van der Waals surface area contributed by atoms with E-state index >= 15 is 0 Å². The molecule has 1 saturated heterocycles. The Labute approximate surface area is 146 Å². The average molecular weight is 389 g/mol. The minimum Gasteiger partial charge on any atom is -0.496 e. The van der Waals surface area contributed by atoms with Crippen molar-refractivity contribution in [2.75, 3.05) is 7.11 Å². The summed E-state index contributed by atoms with van der Waals surface area (Å²) in [5.41, 5.74) is 1.65. The van der Waals surface area contributed by atoms with Gasteiger partial charge in [-0.05, 0) is 48.2 Å². The highest BCUT2D eigenvalue weighted by Crippen LogP contribution is 2.30. The van der Waals surface area contributed by atoms with E-state index in [0.29, 0.717) is 10.1 Å². The lowest BCUT2D eigenvalue weighted by atomic mass is 10.2. The second-order valence-corrected chi connectivity index (χ2v) is 6.65. The van der Waals surface area contributed by atoms with Crippen LogP contribution in [-0.2, 0) is 4.79 Å². The van der Waals surface area contributed by atoms with Crippen LogP contribution in [0.2, 0.25) is 0 Å². The molecule has 1 N–H and O–H groups in total. The van der Waals surface area contributed by atoms with Crippen molar-refractivity contribution >= 4 is 50.5 Å². The summed E-state index contributed by atoms with van der Waals surface area (Å²) in [6, 6.07) is 15.1. The molecule has 0 radical (unpaired) electrons. The number of hydrogen-bond donors (Lipinski definition) is 1. The van der Waals surface area contributed by atoms with Crippen LogP contribution in [0.15, 0.2) is 62.9 Å². The first-order valence-electron chi connectivity index (χ1n) is 6.84. The Hall–Kier alpha value is -2.05. The fourth-order valence-corrected chi connectivity index (χ4v) is 3.14. The molecule has 6 heteroatoms. The van der Waals surface area contributed by atoms with Gasteiger partial charge in [0.05, 0.1) is 17.7 Å². The fraction of sp³-hybridized carbons (Fsp3) is 0.0588. The van der Waals surface area contributed by atoms with Crippen molar-refractivity contribution in [1.29, 1.82) is 0 Å². The van der Waals surface area contributed by atoms with Crippen LogP contribution in [0, 0.1) is 0 Å². The zero-order chi connectivity index (χ0) is 16.2. The summed E-state index contributed by atoms with van der Waals surface area (Å²) in [7, 11) is 1.61. The second-order valence-electron chi connectivity index (χ2n) is 4.70. The van der Waals surface area contributed by atoms with Gasteiger partial charge in [0.2, 0.25) is 0 Å². The summed E-state index contributed by atoms with van der Waals surface area (Å²) in [6.45, 7) is 0. The highest BCUT2D eigenvalue weighted by molar-refractivity contribution is 9.10. The van der Waals surface area contributed by atoms with E-state index in [4.69, 9.17) is 4.74 Å². The standard InChI is InChI=1S/C17H13BrN2O2S/c1-22-14-5-3-2-4-11(14)10-15-16(21)20-17(23-15)19-13-8-6-12(18)7-9-13/h2-10H,1H3,(H,19,20,21)/b15-10-. The van der Waals surface area contributed by atoms with Gasteiger partial charge in [0.1, 0.15) is 5.75 Å². The van der Waals surface area contributed by atoms with Gasteiger partial charge in [-0.2, -0.15) is 0 Å². The Bertz CT molecular complexity index is 800. The molecule has 1 aliphatic rings. The van der Waals surface area contributed by atoms with Crippen LogP contribution in [0.1, 0.15) is 5.56 Å². The van der Waals surface area contributed by atoms with E-state index < -0.39 is 0 Å². The van der Waals surface area contributed by atoms with E-state index in [2.05, 4.69) is 26.2 Å². The Morgan fingerprint density at radius 3 is 2.65 bits per heavy atom. The first kappa shape index (κ1) is 15.8. The van der Waals surface area contributed by atoms with E-state index in [1.165, 1.54) is 11.8 Å². The lowest BCUT2D eigenvalue weighted by molar-refractivity contribution is -0.115. The molecule has 0 unspecified atom stereocenters. The predicted octanol–water partition coefficient (Wildman–Crippen LogP) is 4.35. The topological polar surface area (TPSA) is 50.7 Å². The van der Waals surface area contributed by atoms with Crippen molar-refractivity contribution in [3.05, 3.63) is 63.5 Å². The zero-order valence-corrected chi connectivity index (χ0v) is 14.6. The molecule has 4 nitrogen and oxygen atoms in total. The lowest BCUT2D eigenvalue weighted by Crippen LogP contribution is -2.19. The molecule has 0 aromatic heterocycles. The van der Waals surface area contributed by atoms with Gasteiger partial charge >= 0.3 is 0 Å². The Morgan fingerprint density at radius 1 is 1.17 bits per heavy atom. The normalized spacial score (nSPS) is 17.6. The third-order valence-electron chi connectivity index (χ3n) is 3.13. The van der Waals surface area contributed by atoms with Crippen molar-refractivity contribution < 1.29 is 9.53 Å². The third-order valence-corrected chi connectivity index (χ3v) is 4.57. The molecule has 2 aromatic rings. The van der Waals surface area contributed by atoms with Crippen molar-refractivity contribution in [1.82, 2.24) is 5.32 Å². The molecule has 0 bridgehead atoms. The molecule has 0 spiro atoms. The zero-order valence-electron chi connectivity index (χ0n) is 12.2. The molecular formula is C17H13BrN2O2S. The highest BCUT2D eigenvalue weighted by Gasteiger charge is 2.24. The number of halogens is 1. The minimum atomic E-state index is -0.156. The predicted molar refractivity (Wildman–Crippen MR) is 97.9 cm³/mol. The quantitative estimate of drug-likeness (QED) is 0.795. The summed E-state index contributed by atoms with van der Waals surface area (Å²) >= 11 is 4.70. The third kappa shape index (κ3) is 3.83. The van der Waals surface area contributed by atoms with Gasteiger partial charge in [-0.25, -0.2) is 4.99 Å². The van der Waals surface area contributed by atoms with E-state index in [1.54, 1.807) is 7.11 Å². The SMILES string of the molecule is COc1ccccc1/C=C1\SC(=Nc2ccc(Br)cc2)NC1=O. The van der Waals surface area contributed by atoms with Crippen molar-refractivity contribution in [2.24, 2.45) is 4.99 Å². The number of benzene rings is 2. The Balaban J connectivity index is 1.85. The molecule has 0 aliphatic carbocycles. The molecule has 23 heavy (non-hydrogen) atoms. The number of para-hydroxylation sites is 1. The van der Waals surface area contributed by atoms with Gasteiger partial charge in [0.25, 0.3) is 5.91 Å². The van der Waals surface area contributed by atoms with Crippen molar-refractivity contribution in [3.63, 3.8) is 0 Å². The second kappa shape index (κ2) is 7.02. The van der Waals surface area contributed by atoms with Crippen LogP contribution in [0.5, 0.6) is 5.75 Å². The smallest absolute Gasteiger partial charge is 0.264 e. The largest absolute Gasteiger partial charge is 0.496 e. The van der Waals surface area contributed by atoms with Crippen LogP contribution in [-0.4, -0.2) is 18.2 Å². The van der Waals surface area contributed by atoms with Crippen LogP contribution in [0.3, 0.4) is 0 Å². The number of amidine groups is 1. The molecular weight excluding hydrogens is 376 g/mol.